The van der Waals surface area contributed by atoms with E-state index in [0.29, 0.717) is 16.8 Å². The van der Waals surface area contributed by atoms with Gasteiger partial charge in [0.15, 0.2) is 11.5 Å². The minimum absolute atomic E-state index is 0.228. The molecular weight excluding hydrogens is 338 g/mol. The third-order valence-corrected chi connectivity index (χ3v) is 4.61. The molecule has 2 unspecified atom stereocenters. The van der Waals surface area contributed by atoms with Crippen LogP contribution in [0.5, 0.6) is 11.5 Å². The monoisotopic (exact) mass is 357 g/mol. The molecule has 0 aliphatic carbocycles. The number of nitrogens with zero attached hydrogens (tertiary/aromatic N) is 1. The van der Waals surface area contributed by atoms with E-state index in [4.69, 9.17) is 5.73 Å². The summed E-state index contributed by atoms with van der Waals surface area (Å²) in [6.07, 6.45) is 0. The van der Waals surface area contributed by atoms with Crippen molar-refractivity contribution in [1.29, 1.82) is 0 Å². The molecule has 0 fully saturated rings. The van der Waals surface area contributed by atoms with Crippen LogP contribution in [-0.4, -0.2) is 21.6 Å². The van der Waals surface area contributed by atoms with Crippen LogP contribution in [-0.2, 0) is 4.79 Å². The lowest BCUT2D eigenvalue weighted by atomic mass is 9.94. The highest BCUT2D eigenvalue weighted by Crippen LogP contribution is 2.37. The van der Waals surface area contributed by atoms with E-state index in [1.165, 1.54) is 12.1 Å². The van der Waals surface area contributed by atoms with E-state index >= 15 is 0 Å². The average molecular weight is 357 g/mol. The lowest BCUT2D eigenvalue weighted by Gasteiger charge is -2.41. The standard InChI is InChI=1S/C18H19N3O3S/c1-10-15(17(19)24)16(11-7-8-13(22)14(23)9-11)20-18(25)21(10)12-5-3-2-4-6-12/h2-9,16,18,20,22-23,25H,1H3,(H2,19,24). The zero-order valence-corrected chi connectivity index (χ0v) is 14.4. The second-order valence-electron chi connectivity index (χ2n) is 5.79. The van der Waals surface area contributed by atoms with E-state index in [1.54, 1.807) is 6.07 Å². The number of aromatic hydroxyl groups is 2. The minimum atomic E-state index is -0.566. The van der Waals surface area contributed by atoms with Crippen molar-refractivity contribution >= 4 is 24.2 Å². The lowest BCUT2D eigenvalue weighted by Crippen LogP contribution is -2.50. The van der Waals surface area contributed by atoms with Gasteiger partial charge < -0.3 is 20.8 Å². The number of allylic oxidation sites excluding steroid dienone is 1. The number of hydrogen-bond donors (Lipinski definition) is 5. The number of amides is 1. The van der Waals surface area contributed by atoms with Gasteiger partial charge in [0, 0.05) is 11.4 Å². The van der Waals surface area contributed by atoms with Crippen LogP contribution in [0.25, 0.3) is 0 Å². The van der Waals surface area contributed by atoms with Gasteiger partial charge in [-0.2, -0.15) is 0 Å². The van der Waals surface area contributed by atoms with Crippen LogP contribution in [0.15, 0.2) is 59.8 Å². The predicted octanol–water partition coefficient (Wildman–Crippen LogP) is 2.22. The van der Waals surface area contributed by atoms with Gasteiger partial charge in [0.25, 0.3) is 0 Å². The molecule has 0 saturated carbocycles. The number of nitrogens with one attached hydrogen (secondary N) is 1. The molecule has 1 heterocycles. The maximum atomic E-state index is 12.1. The first-order valence-electron chi connectivity index (χ1n) is 7.71. The Labute approximate surface area is 151 Å². The molecule has 1 aliphatic heterocycles. The summed E-state index contributed by atoms with van der Waals surface area (Å²) in [5.41, 5.74) is 7.76. The predicted molar refractivity (Wildman–Crippen MR) is 99.2 cm³/mol. The Morgan fingerprint density at radius 2 is 1.84 bits per heavy atom. The van der Waals surface area contributed by atoms with Gasteiger partial charge in [-0.25, -0.2) is 0 Å². The average Bonchev–Trinajstić information content (AvgIpc) is 2.57. The number of anilines is 1. The first-order chi connectivity index (χ1) is 11.9. The Kier molecular flexibility index (Phi) is 4.61. The van der Waals surface area contributed by atoms with Crippen molar-refractivity contribution in [2.45, 2.75) is 18.5 Å². The molecule has 2 aromatic rings. The largest absolute Gasteiger partial charge is 0.504 e. The number of para-hydroxylation sites is 1. The van der Waals surface area contributed by atoms with Gasteiger partial charge in [-0.1, -0.05) is 24.3 Å². The summed E-state index contributed by atoms with van der Waals surface area (Å²) >= 11 is 4.61. The highest BCUT2D eigenvalue weighted by molar-refractivity contribution is 7.81. The summed E-state index contributed by atoms with van der Waals surface area (Å²) in [6, 6.07) is 13.4. The lowest BCUT2D eigenvalue weighted by molar-refractivity contribution is -0.115. The smallest absolute Gasteiger partial charge is 0.248 e. The number of benzene rings is 2. The fourth-order valence-electron chi connectivity index (χ4n) is 3.06. The minimum Gasteiger partial charge on any atom is -0.504 e. The fourth-order valence-corrected chi connectivity index (χ4v) is 3.51. The van der Waals surface area contributed by atoms with E-state index in [-0.39, 0.29) is 11.5 Å². The molecule has 0 spiro atoms. The number of nitrogens with two attached hydrogens (primary N) is 1. The molecule has 0 aromatic heterocycles. The van der Waals surface area contributed by atoms with Crippen molar-refractivity contribution in [3.8, 4) is 11.5 Å². The molecule has 25 heavy (non-hydrogen) atoms. The van der Waals surface area contributed by atoms with Crippen LogP contribution in [0.1, 0.15) is 18.5 Å². The van der Waals surface area contributed by atoms with Crippen molar-refractivity contribution in [2.24, 2.45) is 5.73 Å². The van der Waals surface area contributed by atoms with E-state index < -0.39 is 17.4 Å². The summed E-state index contributed by atoms with van der Waals surface area (Å²) in [5, 5.41) is 22.5. The van der Waals surface area contributed by atoms with Crippen molar-refractivity contribution < 1.29 is 15.0 Å². The molecule has 2 aromatic carbocycles. The molecule has 3 rings (SSSR count). The van der Waals surface area contributed by atoms with Crippen LogP contribution in [0.3, 0.4) is 0 Å². The van der Waals surface area contributed by atoms with Crippen LogP contribution in [0.4, 0.5) is 5.69 Å². The van der Waals surface area contributed by atoms with Crippen LogP contribution in [0, 0.1) is 0 Å². The van der Waals surface area contributed by atoms with Gasteiger partial charge in [0.05, 0.1) is 11.6 Å². The summed E-state index contributed by atoms with van der Waals surface area (Å²) < 4.78 is 0. The molecule has 0 saturated heterocycles. The molecule has 2 atom stereocenters. The number of thiol groups is 1. The first-order valence-corrected chi connectivity index (χ1v) is 8.22. The number of primary amides is 1. The van der Waals surface area contributed by atoms with Gasteiger partial charge in [0.2, 0.25) is 5.91 Å². The number of phenolic OH excluding ortho intramolecular Hbond substituents is 2. The maximum Gasteiger partial charge on any atom is 0.248 e. The number of hydrogen-bond acceptors (Lipinski definition) is 6. The van der Waals surface area contributed by atoms with E-state index in [0.717, 1.165) is 5.69 Å². The second kappa shape index (κ2) is 6.70. The molecule has 1 amide bonds. The van der Waals surface area contributed by atoms with Crippen molar-refractivity contribution in [3.63, 3.8) is 0 Å². The van der Waals surface area contributed by atoms with E-state index in [9.17, 15) is 15.0 Å². The molecule has 1 aliphatic rings. The number of carbonyl (C=O) groups is 1. The Morgan fingerprint density at radius 1 is 1.16 bits per heavy atom. The molecular formula is C18H19N3O3S. The molecule has 0 bridgehead atoms. The zero-order chi connectivity index (χ0) is 18.1. The Morgan fingerprint density at radius 3 is 2.44 bits per heavy atom. The number of carbonyl (C=O) groups excluding carboxylic acids is 1. The topological polar surface area (TPSA) is 98.8 Å². The van der Waals surface area contributed by atoms with Crippen molar-refractivity contribution in [3.05, 3.63) is 65.4 Å². The normalized spacial score (nSPS) is 20.6. The Bertz CT molecular complexity index is 839. The Hall–Kier alpha value is -2.64. The Balaban J connectivity index is 2.11. The van der Waals surface area contributed by atoms with Gasteiger partial charge in [-0.05, 0) is 36.8 Å². The number of rotatable bonds is 3. The highest BCUT2D eigenvalue weighted by Gasteiger charge is 2.35. The summed E-state index contributed by atoms with van der Waals surface area (Å²) in [6.45, 7) is 1.81. The third kappa shape index (κ3) is 3.16. The molecule has 6 nitrogen and oxygen atoms in total. The van der Waals surface area contributed by atoms with Gasteiger partial charge >= 0.3 is 0 Å². The fraction of sp³-hybridized carbons (Fsp3) is 0.167. The van der Waals surface area contributed by atoms with Crippen molar-refractivity contribution in [2.75, 3.05) is 4.90 Å². The number of phenols is 2. The van der Waals surface area contributed by atoms with Crippen molar-refractivity contribution in [1.82, 2.24) is 5.32 Å². The maximum absolute atomic E-state index is 12.1. The van der Waals surface area contributed by atoms with Gasteiger partial charge in [-0.15, -0.1) is 12.6 Å². The summed E-state index contributed by atoms with van der Waals surface area (Å²) in [4.78, 5) is 14.0. The second-order valence-corrected chi connectivity index (χ2v) is 6.28. The summed E-state index contributed by atoms with van der Waals surface area (Å²) in [5.74, 6) is -1.06. The van der Waals surface area contributed by atoms with Crippen LogP contribution >= 0.6 is 12.6 Å². The quantitative estimate of drug-likeness (QED) is 0.429. The van der Waals surface area contributed by atoms with E-state index in [1.807, 2.05) is 42.2 Å². The molecule has 5 N–H and O–H groups in total. The summed E-state index contributed by atoms with van der Waals surface area (Å²) in [7, 11) is 0. The third-order valence-electron chi connectivity index (χ3n) is 4.23. The highest BCUT2D eigenvalue weighted by atomic mass is 32.1. The molecule has 130 valence electrons. The zero-order valence-electron chi connectivity index (χ0n) is 13.5. The van der Waals surface area contributed by atoms with Crippen LogP contribution < -0.4 is 16.0 Å². The van der Waals surface area contributed by atoms with Gasteiger partial charge in [-0.3, -0.25) is 10.1 Å². The van der Waals surface area contributed by atoms with Gasteiger partial charge in [0.1, 0.15) is 5.50 Å². The van der Waals surface area contributed by atoms with E-state index in [2.05, 4.69) is 17.9 Å². The first kappa shape index (κ1) is 17.2. The molecule has 0 radical (unpaired) electrons. The SMILES string of the molecule is CC1=C(C(N)=O)C(c2ccc(O)c(O)c2)NC(S)N1c1ccccc1. The van der Waals surface area contributed by atoms with Crippen LogP contribution in [0.2, 0.25) is 0 Å². The molecule has 7 heteroatoms.